The Labute approximate surface area is 128 Å². The van der Waals surface area contributed by atoms with Crippen molar-refractivity contribution >= 4 is 37.2 Å². The van der Waals surface area contributed by atoms with Crippen molar-refractivity contribution < 1.29 is 4.74 Å². The molecule has 20 heavy (non-hydrogen) atoms. The second-order valence-electron chi connectivity index (χ2n) is 6.02. The lowest BCUT2D eigenvalue weighted by Gasteiger charge is -2.15. The number of aromatic nitrogens is 2. The lowest BCUT2D eigenvalue weighted by atomic mass is 10.3. The second-order valence-corrected chi connectivity index (χ2v) is 11.6. The Morgan fingerprint density at radius 1 is 1.30 bits per heavy atom. The summed E-state index contributed by atoms with van der Waals surface area (Å²) in [5.74, 6) is 0. The van der Waals surface area contributed by atoms with E-state index in [9.17, 15) is 0 Å². The number of rotatable bonds is 6. The third-order valence-electron chi connectivity index (χ3n) is 3.14. The van der Waals surface area contributed by atoms with Crippen LogP contribution in [0.3, 0.4) is 0 Å². The van der Waals surface area contributed by atoms with Gasteiger partial charge < -0.3 is 14.6 Å². The van der Waals surface area contributed by atoms with E-state index in [0.29, 0.717) is 6.73 Å². The molecule has 0 radical (unpaired) electrons. The first-order valence-electron chi connectivity index (χ1n) is 6.70. The van der Waals surface area contributed by atoms with Gasteiger partial charge in [0.25, 0.3) is 0 Å². The fourth-order valence-corrected chi connectivity index (χ4v) is 2.61. The maximum Gasteiger partial charge on any atom is 0.124 e. The van der Waals surface area contributed by atoms with Gasteiger partial charge >= 0.3 is 0 Å². The molecule has 0 unspecified atom stereocenters. The average molecular weight is 314 g/mol. The smallest absolute Gasteiger partial charge is 0.124 e. The number of hydrogen-bond acceptors (Lipinski definition) is 3. The maximum absolute atomic E-state index is 5.77. The fraction of sp³-hybridized carbons (Fsp3) is 0.500. The second kappa shape index (κ2) is 7.11. The quantitative estimate of drug-likeness (QED) is 0.651. The molecular weight excluding hydrogens is 290 g/mol. The fourth-order valence-electron chi connectivity index (χ4n) is 1.86. The Balaban J connectivity index is 0.00000200. The van der Waals surface area contributed by atoms with Crippen LogP contribution in [0, 0.1) is 0 Å². The molecule has 0 aliphatic rings. The van der Waals surface area contributed by atoms with E-state index in [1.165, 1.54) is 6.04 Å². The minimum atomic E-state index is -1.01. The van der Waals surface area contributed by atoms with Crippen molar-refractivity contribution in [3.8, 4) is 0 Å². The zero-order valence-corrected chi connectivity index (χ0v) is 14.5. The number of nitrogens with one attached hydrogen (secondary N) is 1. The summed E-state index contributed by atoms with van der Waals surface area (Å²) in [7, 11) is 0.915. The van der Waals surface area contributed by atoms with Gasteiger partial charge in [-0.05, 0) is 24.2 Å². The van der Waals surface area contributed by atoms with E-state index < -0.39 is 8.07 Å². The van der Waals surface area contributed by atoms with Gasteiger partial charge in [0.05, 0.1) is 17.4 Å². The lowest BCUT2D eigenvalue weighted by Crippen LogP contribution is -2.21. The highest BCUT2D eigenvalue weighted by Gasteiger charge is 2.12. The van der Waals surface area contributed by atoms with Gasteiger partial charge in [-0.25, -0.2) is 4.98 Å². The molecule has 0 saturated carbocycles. The number of anilines is 1. The maximum atomic E-state index is 5.77. The molecular formula is C14H24ClN3OSi. The molecule has 1 N–H and O–H groups in total. The van der Waals surface area contributed by atoms with Crippen molar-refractivity contribution in [2.45, 2.75) is 32.4 Å². The number of nitrogens with zero attached hydrogens (tertiary/aromatic N) is 2. The van der Waals surface area contributed by atoms with Crippen LogP contribution < -0.4 is 5.32 Å². The van der Waals surface area contributed by atoms with Crippen molar-refractivity contribution in [1.82, 2.24) is 9.55 Å². The molecule has 0 amide bonds. The van der Waals surface area contributed by atoms with E-state index in [4.69, 9.17) is 4.74 Å². The third kappa shape index (κ3) is 4.51. The first-order chi connectivity index (χ1) is 8.99. The van der Waals surface area contributed by atoms with Crippen LogP contribution in [0.4, 0.5) is 5.69 Å². The monoisotopic (exact) mass is 313 g/mol. The molecule has 0 saturated heterocycles. The molecule has 112 valence electrons. The van der Waals surface area contributed by atoms with Gasteiger partial charge in [0.15, 0.2) is 0 Å². The highest BCUT2D eigenvalue weighted by Crippen LogP contribution is 2.18. The molecule has 2 rings (SSSR count). The van der Waals surface area contributed by atoms with Crippen LogP contribution in [0.1, 0.15) is 0 Å². The van der Waals surface area contributed by atoms with Gasteiger partial charge in [-0.3, -0.25) is 0 Å². The van der Waals surface area contributed by atoms with E-state index in [1.54, 1.807) is 0 Å². The van der Waals surface area contributed by atoms with Crippen molar-refractivity contribution in [1.29, 1.82) is 0 Å². The summed E-state index contributed by atoms with van der Waals surface area (Å²) in [4.78, 5) is 4.39. The summed E-state index contributed by atoms with van der Waals surface area (Å²) in [6, 6.07) is 7.36. The number of ether oxygens (including phenoxy) is 1. The molecule has 0 aliphatic carbocycles. The SMILES string of the molecule is CNc1ccc2ncn(COCC[Si](C)(C)C)c2c1.Cl. The number of hydrogen-bond donors (Lipinski definition) is 1. The Bertz CT molecular complexity index is 551. The summed E-state index contributed by atoms with van der Waals surface area (Å²) in [5.41, 5.74) is 3.21. The van der Waals surface area contributed by atoms with E-state index in [1.807, 2.05) is 25.5 Å². The molecule has 2 aromatic rings. The van der Waals surface area contributed by atoms with Gasteiger partial charge in [-0.2, -0.15) is 0 Å². The van der Waals surface area contributed by atoms with E-state index in [-0.39, 0.29) is 12.4 Å². The Hall–Kier alpha value is -1.04. The predicted octanol–water partition coefficient (Wildman–Crippen LogP) is 3.81. The average Bonchev–Trinajstić information content (AvgIpc) is 2.76. The zero-order chi connectivity index (χ0) is 13.9. The molecule has 1 aromatic heterocycles. The van der Waals surface area contributed by atoms with E-state index in [0.717, 1.165) is 23.3 Å². The Kier molecular flexibility index (Phi) is 6.04. The molecule has 4 nitrogen and oxygen atoms in total. The molecule has 0 bridgehead atoms. The van der Waals surface area contributed by atoms with Crippen LogP contribution in [0.5, 0.6) is 0 Å². The first-order valence-corrected chi connectivity index (χ1v) is 10.4. The summed E-state index contributed by atoms with van der Waals surface area (Å²) >= 11 is 0. The number of benzene rings is 1. The largest absolute Gasteiger partial charge is 0.388 e. The summed E-state index contributed by atoms with van der Waals surface area (Å²) in [6.45, 7) is 8.50. The van der Waals surface area contributed by atoms with Gasteiger partial charge in [-0.15, -0.1) is 12.4 Å². The van der Waals surface area contributed by atoms with Crippen LogP contribution in [-0.2, 0) is 11.5 Å². The summed E-state index contributed by atoms with van der Waals surface area (Å²) in [6.07, 6.45) is 1.85. The van der Waals surface area contributed by atoms with Gasteiger partial charge in [0, 0.05) is 27.4 Å². The topological polar surface area (TPSA) is 39.1 Å². The van der Waals surface area contributed by atoms with Crippen LogP contribution in [-0.4, -0.2) is 31.3 Å². The van der Waals surface area contributed by atoms with Crippen molar-refractivity contribution in [2.24, 2.45) is 0 Å². The first kappa shape index (κ1) is 17.0. The molecule has 0 spiro atoms. The predicted molar refractivity (Wildman–Crippen MR) is 90.6 cm³/mol. The van der Waals surface area contributed by atoms with Crippen LogP contribution >= 0.6 is 12.4 Å². The highest BCUT2D eigenvalue weighted by atomic mass is 35.5. The number of fused-ring (bicyclic) bond motifs is 1. The summed E-state index contributed by atoms with van der Waals surface area (Å²) in [5, 5.41) is 3.15. The Morgan fingerprint density at radius 3 is 2.70 bits per heavy atom. The van der Waals surface area contributed by atoms with Gasteiger partial charge in [0.2, 0.25) is 0 Å². The molecule has 0 atom stereocenters. The van der Waals surface area contributed by atoms with Crippen molar-refractivity contribution in [3.63, 3.8) is 0 Å². The van der Waals surface area contributed by atoms with Crippen molar-refractivity contribution in [2.75, 3.05) is 19.0 Å². The molecule has 1 aromatic carbocycles. The van der Waals surface area contributed by atoms with Gasteiger partial charge in [0.1, 0.15) is 6.73 Å². The van der Waals surface area contributed by atoms with Crippen molar-refractivity contribution in [3.05, 3.63) is 24.5 Å². The summed E-state index contributed by atoms with van der Waals surface area (Å²) < 4.78 is 7.83. The molecule has 1 heterocycles. The standard InChI is InChI=1S/C14H23N3OSi.ClH/c1-15-12-5-6-13-14(9-12)17(10-16-13)11-18-7-8-19(2,3)4;/h5-6,9-10,15H,7-8,11H2,1-4H3;1H. The van der Waals surface area contributed by atoms with Crippen LogP contribution in [0.15, 0.2) is 24.5 Å². The molecule has 0 aliphatic heterocycles. The van der Waals surface area contributed by atoms with E-state index >= 15 is 0 Å². The third-order valence-corrected chi connectivity index (χ3v) is 4.84. The lowest BCUT2D eigenvalue weighted by molar-refractivity contribution is 0.0898. The zero-order valence-electron chi connectivity index (χ0n) is 12.6. The highest BCUT2D eigenvalue weighted by molar-refractivity contribution is 6.76. The minimum Gasteiger partial charge on any atom is -0.388 e. The molecule has 6 heteroatoms. The Morgan fingerprint density at radius 2 is 2.05 bits per heavy atom. The van der Waals surface area contributed by atoms with Gasteiger partial charge in [-0.1, -0.05) is 19.6 Å². The normalized spacial score (nSPS) is 11.4. The van der Waals surface area contributed by atoms with Crippen LogP contribution in [0.25, 0.3) is 11.0 Å². The van der Waals surface area contributed by atoms with E-state index in [2.05, 4.69) is 40.6 Å². The number of imidazole rings is 1. The van der Waals surface area contributed by atoms with Crippen LogP contribution in [0.2, 0.25) is 25.7 Å². The minimum absolute atomic E-state index is 0. The number of halogens is 1. The molecule has 0 fully saturated rings.